The van der Waals surface area contributed by atoms with Crippen molar-refractivity contribution in [1.29, 1.82) is 0 Å². The summed E-state index contributed by atoms with van der Waals surface area (Å²) in [6, 6.07) is 0. The van der Waals surface area contributed by atoms with Crippen molar-refractivity contribution in [3.8, 4) is 0 Å². The van der Waals surface area contributed by atoms with Gasteiger partial charge < -0.3 is 9.80 Å². The molecular formula is C19H27N7OS. The zero-order valence-corrected chi connectivity index (χ0v) is 17.9. The largest absolute Gasteiger partial charge is 0.346 e. The first-order valence-electron chi connectivity index (χ1n) is 9.60. The monoisotopic (exact) mass is 401 g/mol. The number of aromatic nitrogens is 5. The van der Waals surface area contributed by atoms with Crippen molar-refractivity contribution in [3.63, 3.8) is 0 Å². The molecule has 0 bridgehead atoms. The number of piperidine rings is 1. The smallest absolute Gasteiger partial charge is 0.256 e. The van der Waals surface area contributed by atoms with E-state index in [2.05, 4.69) is 35.9 Å². The number of anilines is 1. The van der Waals surface area contributed by atoms with E-state index in [1.807, 2.05) is 10.7 Å². The SMILES string of the molecule is CN(C)C(=O)c1cn[nH]c1C1CCCN(c2nn3cc(C(C)(C)C)nc3s2)C1. The minimum Gasteiger partial charge on any atom is -0.346 e. The molecule has 1 atom stereocenters. The van der Waals surface area contributed by atoms with E-state index in [1.165, 1.54) is 0 Å². The summed E-state index contributed by atoms with van der Waals surface area (Å²) in [6.07, 6.45) is 5.75. The molecule has 1 fully saturated rings. The van der Waals surface area contributed by atoms with Gasteiger partial charge in [-0.05, 0) is 12.8 Å². The molecule has 9 heteroatoms. The Hall–Kier alpha value is -2.42. The van der Waals surface area contributed by atoms with Crippen LogP contribution in [-0.4, -0.2) is 62.8 Å². The van der Waals surface area contributed by atoms with Crippen molar-refractivity contribution in [2.75, 3.05) is 32.1 Å². The van der Waals surface area contributed by atoms with Crippen molar-refractivity contribution >= 4 is 27.3 Å². The maximum atomic E-state index is 12.4. The molecule has 3 aromatic rings. The molecule has 0 aliphatic carbocycles. The van der Waals surface area contributed by atoms with Crippen LogP contribution in [-0.2, 0) is 5.41 Å². The molecule has 8 nitrogen and oxygen atoms in total. The fourth-order valence-corrected chi connectivity index (χ4v) is 4.50. The second-order valence-electron chi connectivity index (χ2n) is 8.67. The molecule has 4 rings (SSSR count). The third-order valence-corrected chi connectivity index (χ3v) is 6.19. The Labute approximate surface area is 168 Å². The Kier molecular flexibility index (Phi) is 4.65. The molecule has 0 saturated carbocycles. The zero-order valence-electron chi connectivity index (χ0n) is 17.1. The first-order chi connectivity index (χ1) is 13.2. The van der Waals surface area contributed by atoms with Crippen LogP contribution in [0.3, 0.4) is 0 Å². The number of rotatable bonds is 3. The summed E-state index contributed by atoms with van der Waals surface area (Å²) in [4.78, 5) is 22.0. The number of amides is 1. The molecule has 150 valence electrons. The van der Waals surface area contributed by atoms with Gasteiger partial charge in [0.1, 0.15) is 0 Å². The summed E-state index contributed by atoms with van der Waals surface area (Å²) in [5.41, 5.74) is 2.67. The maximum Gasteiger partial charge on any atom is 0.256 e. The van der Waals surface area contributed by atoms with Crippen LogP contribution < -0.4 is 4.90 Å². The highest BCUT2D eigenvalue weighted by molar-refractivity contribution is 7.20. The van der Waals surface area contributed by atoms with Gasteiger partial charge in [-0.3, -0.25) is 9.89 Å². The predicted octanol–water partition coefficient (Wildman–Crippen LogP) is 2.90. The van der Waals surface area contributed by atoms with E-state index in [4.69, 9.17) is 10.1 Å². The van der Waals surface area contributed by atoms with Crippen molar-refractivity contribution in [2.24, 2.45) is 0 Å². The lowest BCUT2D eigenvalue weighted by Crippen LogP contribution is -2.35. The van der Waals surface area contributed by atoms with Crippen molar-refractivity contribution in [2.45, 2.75) is 44.9 Å². The van der Waals surface area contributed by atoms with E-state index in [1.54, 1.807) is 36.5 Å². The second-order valence-corrected chi connectivity index (χ2v) is 9.60. The molecular weight excluding hydrogens is 374 g/mol. The predicted molar refractivity (Wildman–Crippen MR) is 110 cm³/mol. The number of aromatic amines is 1. The van der Waals surface area contributed by atoms with Crippen molar-refractivity contribution in [3.05, 3.63) is 29.3 Å². The molecule has 28 heavy (non-hydrogen) atoms. The topological polar surface area (TPSA) is 82.4 Å². The molecule has 1 aliphatic heterocycles. The molecule has 0 radical (unpaired) electrons. The van der Waals surface area contributed by atoms with Gasteiger partial charge in [0.05, 0.1) is 29.3 Å². The van der Waals surface area contributed by atoms with Crippen LogP contribution in [0.5, 0.6) is 0 Å². The van der Waals surface area contributed by atoms with Gasteiger partial charge in [0.2, 0.25) is 10.1 Å². The third-order valence-electron chi connectivity index (χ3n) is 5.21. The van der Waals surface area contributed by atoms with Crippen molar-refractivity contribution in [1.82, 2.24) is 29.7 Å². The summed E-state index contributed by atoms with van der Waals surface area (Å²) >= 11 is 1.62. The van der Waals surface area contributed by atoms with Gasteiger partial charge in [-0.1, -0.05) is 32.1 Å². The van der Waals surface area contributed by atoms with Gasteiger partial charge in [0, 0.05) is 38.5 Å². The number of nitrogens with one attached hydrogen (secondary N) is 1. The van der Waals surface area contributed by atoms with Gasteiger partial charge in [0.15, 0.2) is 0 Å². The summed E-state index contributed by atoms with van der Waals surface area (Å²) in [6.45, 7) is 8.26. The summed E-state index contributed by atoms with van der Waals surface area (Å²) < 4.78 is 1.89. The molecule has 1 unspecified atom stereocenters. The number of carbonyl (C=O) groups is 1. The van der Waals surface area contributed by atoms with Gasteiger partial charge in [-0.2, -0.15) is 5.10 Å². The highest BCUT2D eigenvalue weighted by Gasteiger charge is 2.29. The zero-order chi connectivity index (χ0) is 20.1. The quantitative estimate of drug-likeness (QED) is 0.730. The lowest BCUT2D eigenvalue weighted by Gasteiger charge is -2.32. The normalized spacial score (nSPS) is 18.0. The summed E-state index contributed by atoms with van der Waals surface area (Å²) in [5.74, 6) is 0.222. The summed E-state index contributed by atoms with van der Waals surface area (Å²) in [7, 11) is 3.53. The molecule has 1 amide bonds. The highest BCUT2D eigenvalue weighted by Crippen LogP contribution is 2.33. The molecule has 0 aromatic carbocycles. The Morgan fingerprint density at radius 2 is 2.14 bits per heavy atom. The van der Waals surface area contributed by atoms with Gasteiger partial charge in [0.25, 0.3) is 5.91 Å². The fraction of sp³-hybridized carbons (Fsp3) is 0.579. The van der Waals surface area contributed by atoms with Crippen LogP contribution >= 0.6 is 11.3 Å². The Morgan fingerprint density at radius 3 is 2.82 bits per heavy atom. The van der Waals surface area contributed by atoms with Gasteiger partial charge in [-0.25, -0.2) is 9.50 Å². The van der Waals surface area contributed by atoms with Crippen molar-refractivity contribution < 1.29 is 4.79 Å². The Bertz CT molecular complexity index is 962. The Morgan fingerprint density at radius 1 is 1.36 bits per heavy atom. The number of nitrogens with zero attached hydrogens (tertiary/aromatic N) is 6. The number of H-pyrrole nitrogens is 1. The van der Waals surface area contributed by atoms with Gasteiger partial charge >= 0.3 is 0 Å². The number of carbonyl (C=O) groups excluding carboxylic acids is 1. The standard InChI is InChI=1S/C19H27N7OS/c1-19(2,3)14-11-26-17(21-14)28-18(23-26)25-8-6-7-12(10-25)15-13(9-20-22-15)16(27)24(4)5/h9,11-12H,6-8,10H2,1-5H3,(H,20,22). The lowest BCUT2D eigenvalue weighted by molar-refractivity contribution is 0.0826. The minimum absolute atomic E-state index is 0.0108. The van der Waals surface area contributed by atoms with Gasteiger partial charge in [-0.15, -0.1) is 5.10 Å². The van der Waals surface area contributed by atoms with E-state index in [-0.39, 0.29) is 17.2 Å². The van der Waals surface area contributed by atoms with Crippen LogP contribution in [0.15, 0.2) is 12.4 Å². The number of imidazole rings is 1. The van der Waals surface area contributed by atoms with E-state index in [9.17, 15) is 4.79 Å². The van der Waals surface area contributed by atoms with E-state index in [0.29, 0.717) is 5.56 Å². The molecule has 1 N–H and O–H groups in total. The van der Waals surface area contributed by atoms with E-state index in [0.717, 1.165) is 47.4 Å². The molecule has 0 spiro atoms. The average Bonchev–Trinajstić information content (AvgIpc) is 3.34. The number of fused-ring (bicyclic) bond motifs is 1. The number of hydrogen-bond acceptors (Lipinski definition) is 6. The Balaban J connectivity index is 1.56. The van der Waals surface area contributed by atoms with Crippen LogP contribution in [0.25, 0.3) is 4.96 Å². The van der Waals surface area contributed by atoms with Crippen LogP contribution in [0.4, 0.5) is 5.13 Å². The molecule has 4 heterocycles. The highest BCUT2D eigenvalue weighted by atomic mass is 32.1. The molecule has 1 saturated heterocycles. The van der Waals surface area contributed by atoms with Crippen LogP contribution in [0, 0.1) is 0 Å². The average molecular weight is 402 g/mol. The summed E-state index contributed by atoms with van der Waals surface area (Å²) in [5, 5.41) is 13.0. The second kappa shape index (κ2) is 6.88. The minimum atomic E-state index is -0.0108. The fourth-order valence-electron chi connectivity index (χ4n) is 3.58. The lowest BCUT2D eigenvalue weighted by atomic mass is 9.92. The maximum absolute atomic E-state index is 12.4. The third kappa shape index (κ3) is 3.39. The first kappa shape index (κ1) is 18.9. The molecule has 3 aromatic heterocycles. The molecule has 1 aliphatic rings. The van der Waals surface area contributed by atoms with E-state index >= 15 is 0 Å². The van der Waals surface area contributed by atoms with E-state index < -0.39 is 0 Å². The first-order valence-corrected chi connectivity index (χ1v) is 10.4. The van der Waals surface area contributed by atoms with Crippen LogP contribution in [0.1, 0.15) is 61.3 Å². The van der Waals surface area contributed by atoms with Crippen LogP contribution in [0.2, 0.25) is 0 Å². The number of hydrogen-bond donors (Lipinski definition) is 1.